The molecule has 0 saturated heterocycles. The zero-order valence-electron chi connectivity index (χ0n) is 12.1. The molecule has 0 unspecified atom stereocenters. The molecule has 7 nitrogen and oxygen atoms in total. The van der Waals surface area contributed by atoms with Gasteiger partial charge >= 0.3 is 0 Å². The normalized spacial score (nSPS) is 17.7. The van der Waals surface area contributed by atoms with Crippen LogP contribution in [0.5, 0.6) is 0 Å². The van der Waals surface area contributed by atoms with Gasteiger partial charge in [-0.2, -0.15) is 4.99 Å². The third kappa shape index (κ3) is 2.58. The highest BCUT2D eigenvalue weighted by Crippen LogP contribution is 2.33. The van der Waals surface area contributed by atoms with E-state index < -0.39 is 12.0 Å². The highest BCUT2D eigenvalue weighted by molar-refractivity contribution is 6.36. The van der Waals surface area contributed by atoms with Crippen molar-refractivity contribution in [2.75, 3.05) is 0 Å². The number of aliphatic hydroxyl groups is 1. The molecule has 120 valence electrons. The number of nitrogens with zero attached hydrogens (tertiary/aromatic N) is 2. The lowest BCUT2D eigenvalue weighted by molar-refractivity contribution is 0.0721. The number of aryl methyl sites for hydroxylation is 1. The maximum Gasteiger partial charge on any atom is 0.296 e. The highest BCUT2D eigenvalue weighted by Gasteiger charge is 2.27. The second kappa shape index (κ2) is 5.68. The predicted molar refractivity (Wildman–Crippen MR) is 86.7 cm³/mol. The number of carbonyl (C=O) groups excluding carboxylic acids is 2. The summed E-state index contributed by atoms with van der Waals surface area (Å²) < 4.78 is 1.69. The van der Waals surface area contributed by atoms with Gasteiger partial charge in [-0.05, 0) is 31.0 Å². The summed E-state index contributed by atoms with van der Waals surface area (Å²) in [5.41, 5.74) is 11.7. The largest absolute Gasteiger partial charge is 0.385 e. The standard InChI is InChI=1S/C15H15ClN4O3/c16-9-4-3-7-12-8(9)6-10(14(23)19-15(17)18)20(12)5-1-2-11(21)13(7)22/h3-4,6,11,21H,1-2,5H2,(H4,17,18,19,23)/t11-/m1/s1. The van der Waals surface area contributed by atoms with Gasteiger partial charge in [0.05, 0.1) is 10.5 Å². The summed E-state index contributed by atoms with van der Waals surface area (Å²) in [6.07, 6.45) is -0.207. The fourth-order valence-corrected chi connectivity index (χ4v) is 3.09. The number of Topliss-reactive ketones (excluding diaryl/α,β-unsaturated/α-hetero) is 1. The molecule has 1 atom stereocenters. The first kappa shape index (κ1) is 15.5. The van der Waals surface area contributed by atoms with Crippen LogP contribution in [0.15, 0.2) is 23.2 Å². The summed E-state index contributed by atoms with van der Waals surface area (Å²) in [7, 11) is 0. The van der Waals surface area contributed by atoms with Crippen LogP contribution in [-0.4, -0.2) is 33.4 Å². The molecule has 2 heterocycles. The van der Waals surface area contributed by atoms with Crippen molar-refractivity contribution in [1.29, 1.82) is 0 Å². The molecule has 5 N–H and O–H groups in total. The van der Waals surface area contributed by atoms with E-state index in [1.54, 1.807) is 22.8 Å². The number of amides is 1. The van der Waals surface area contributed by atoms with Gasteiger partial charge in [-0.25, -0.2) is 0 Å². The van der Waals surface area contributed by atoms with Crippen LogP contribution in [0.25, 0.3) is 10.9 Å². The van der Waals surface area contributed by atoms with Crippen LogP contribution >= 0.6 is 11.6 Å². The minimum Gasteiger partial charge on any atom is -0.385 e. The quantitative estimate of drug-likeness (QED) is 0.531. The van der Waals surface area contributed by atoms with Gasteiger partial charge in [0.2, 0.25) is 0 Å². The average molecular weight is 335 g/mol. The number of hydrogen-bond donors (Lipinski definition) is 3. The molecule has 0 aliphatic carbocycles. The van der Waals surface area contributed by atoms with Crippen molar-refractivity contribution < 1.29 is 14.7 Å². The van der Waals surface area contributed by atoms with Crippen molar-refractivity contribution in [3.05, 3.63) is 34.5 Å². The molecule has 8 heteroatoms. The number of hydrogen-bond acceptors (Lipinski definition) is 3. The smallest absolute Gasteiger partial charge is 0.296 e. The van der Waals surface area contributed by atoms with Gasteiger partial charge in [-0.3, -0.25) is 9.59 Å². The lowest BCUT2D eigenvalue weighted by atomic mass is 9.99. The van der Waals surface area contributed by atoms with Gasteiger partial charge < -0.3 is 21.1 Å². The third-order valence-electron chi connectivity index (χ3n) is 3.88. The molecule has 0 radical (unpaired) electrons. The molecule has 1 amide bonds. The molecular formula is C15H15ClN4O3. The minimum absolute atomic E-state index is 0.256. The van der Waals surface area contributed by atoms with Gasteiger partial charge in [0.15, 0.2) is 11.7 Å². The maximum atomic E-state index is 12.4. The lowest BCUT2D eigenvalue weighted by Crippen LogP contribution is -2.26. The second-order valence-corrected chi connectivity index (χ2v) is 5.81. The maximum absolute atomic E-state index is 12.4. The van der Waals surface area contributed by atoms with Crippen LogP contribution in [0, 0.1) is 0 Å². The van der Waals surface area contributed by atoms with Gasteiger partial charge in [0.1, 0.15) is 11.8 Å². The predicted octanol–water partition coefficient (Wildman–Crippen LogP) is 1.05. The van der Waals surface area contributed by atoms with Crippen molar-refractivity contribution in [1.82, 2.24) is 4.57 Å². The average Bonchev–Trinajstić information content (AvgIpc) is 2.86. The summed E-state index contributed by atoms with van der Waals surface area (Å²) in [4.78, 5) is 28.2. The van der Waals surface area contributed by atoms with Gasteiger partial charge in [-0.1, -0.05) is 11.6 Å². The number of aromatic nitrogens is 1. The van der Waals surface area contributed by atoms with Crippen molar-refractivity contribution in [3.63, 3.8) is 0 Å². The number of benzene rings is 1. The fraction of sp³-hybridized carbons (Fsp3) is 0.267. The Morgan fingerprint density at radius 1 is 1.39 bits per heavy atom. The van der Waals surface area contributed by atoms with E-state index in [2.05, 4.69) is 4.99 Å². The van der Waals surface area contributed by atoms with Gasteiger partial charge in [0.25, 0.3) is 5.91 Å². The van der Waals surface area contributed by atoms with Crippen LogP contribution in [0.4, 0.5) is 0 Å². The van der Waals surface area contributed by atoms with Crippen molar-refractivity contribution >= 4 is 40.2 Å². The zero-order chi connectivity index (χ0) is 16.7. The Balaban J connectivity index is 2.33. The molecule has 1 aliphatic rings. The van der Waals surface area contributed by atoms with E-state index in [4.69, 9.17) is 23.1 Å². The summed E-state index contributed by atoms with van der Waals surface area (Å²) in [6.45, 7) is 0.447. The summed E-state index contributed by atoms with van der Waals surface area (Å²) >= 11 is 6.20. The van der Waals surface area contributed by atoms with E-state index >= 15 is 0 Å². The first-order valence-electron chi connectivity index (χ1n) is 7.08. The molecule has 0 fully saturated rings. The Morgan fingerprint density at radius 3 is 2.83 bits per heavy atom. The number of halogens is 1. The number of nitrogens with two attached hydrogens (primary N) is 2. The SMILES string of the molecule is NC(N)=NC(=O)c1cc2c(Cl)ccc3c2n1CCC[C@@H](O)C3=O. The topological polar surface area (TPSA) is 124 Å². The van der Waals surface area contributed by atoms with Crippen LogP contribution in [0.3, 0.4) is 0 Å². The molecule has 1 aromatic heterocycles. The second-order valence-electron chi connectivity index (χ2n) is 5.40. The first-order valence-corrected chi connectivity index (χ1v) is 7.46. The van der Waals surface area contributed by atoms with E-state index in [1.807, 2.05) is 0 Å². The Hall–Kier alpha value is -2.38. The number of aliphatic imine (C=N–C) groups is 1. The molecule has 0 bridgehead atoms. The molecule has 2 aromatic rings. The summed E-state index contributed by atoms with van der Waals surface area (Å²) in [6, 6.07) is 4.71. The van der Waals surface area contributed by atoms with Crippen molar-refractivity contribution in [2.45, 2.75) is 25.5 Å². The lowest BCUT2D eigenvalue weighted by Gasteiger charge is -2.18. The molecule has 1 aromatic carbocycles. The Kier molecular flexibility index (Phi) is 3.83. The van der Waals surface area contributed by atoms with Crippen LogP contribution in [-0.2, 0) is 6.54 Å². The number of carbonyl (C=O) groups is 2. The van der Waals surface area contributed by atoms with E-state index in [0.29, 0.717) is 40.9 Å². The Bertz CT molecular complexity index is 852. The number of ketones is 1. The fourth-order valence-electron chi connectivity index (χ4n) is 2.88. The highest BCUT2D eigenvalue weighted by atomic mass is 35.5. The summed E-state index contributed by atoms with van der Waals surface area (Å²) in [5, 5.41) is 10.9. The van der Waals surface area contributed by atoms with E-state index in [9.17, 15) is 14.7 Å². The molecule has 0 spiro atoms. The monoisotopic (exact) mass is 334 g/mol. The Labute approximate surface area is 136 Å². The van der Waals surface area contributed by atoms with E-state index in [1.165, 1.54) is 0 Å². The summed E-state index contributed by atoms with van der Waals surface area (Å²) in [5.74, 6) is -1.32. The number of rotatable bonds is 1. The van der Waals surface area contributed by atoms with Gasteiger partial charge in [-0.15, -0.1) is 0 Å². The molecule has 0 saturated carbocycles. The number of guanidine groups is 1. The van der Waals surface area contributed by atoms with Crippen molar-refractivity contribution in [3.8, 4) is 0 Å². The zero-order valence-corrected chi connectivity index (χ0v) is 12.9. The van der Waals surface area contributed by atoms with Crippen LogP contribution < -0.4 is 11.5 Å². The first-order chi connectivity index (χ1) is 10.9. The van der Waals surface area contributed by atoms with Crippen LogP contribution in [0.2, 0.25) is 5.02 Å². The minimum atomic E-state index is -1.06. The van der Waals surface area contributed by atoms with Crippen LogP contribution in [0.1, 0.15) is 33.7 Å². The van der Waals surface area contributed by atoms with E-state index in [-0.39, 0.29) is 17.4 Å². The van der Waals surface area contributed by atoms with E-state index in [0.717, 1.165) is 0 Å². The molecule has 23 heavy (non-hydrogen) atoms. The molecule has 1 aliphatic heterocycles. The molecule has 3 rings (SSSR count). The van der Waals surface area contributed by atoms with Crippen molar-refractivity contribution in [2.24, 2.45) is 16.5 Å². The third-order valence-corrected chi connectivity index (χ3v) is 4.21. The number of aliphatic hydroxyl groups excluding tert-OH is 1. The Morgan fingerprint density at radius 2 is 2.13 bits per heavy atom. The van der Waals surface area contributed by atoms with Gasteiger partial charge in [0, 0.05) is 17.5 Å². The molecular weight excluding hydrogens is 320 g/mol.